The van der Waals surface area contributed by atoms with Gasteiger partial charge < -0.3 is 11.1 Å². The molecule has 0 bridgehead atoms. The Kier molecular flexibility index (Phi) is 4.26. The lowest BCUT2D eigenvalue weighted by atomic mass is 10.1. The van der Waals surface area contributed by atoms with Crippen molar-refractivity contribution >= 4 is 24.1 Å². The van der Waals surface area contributed by atoms with Gasteiger partial charge in [0.1, 0.15) is 5.82 Å². The SMILES string of the molecule is CC(N)c1ccnc(NC(=O)C2CC2)c1.Cl. The Bertz CT molecular complexity index is 377. The summed E-state index contributed by atoms with van der Waals surface area (Å²) in [4.78, 5) is 15.6. The number of carbonyl (C=O) groups excluding carboxylic acids is 1. The molecule has 0 radical (unpaired) electrons. The number of carbonyl (C=O) groups is 1. The van der Waals surface area contributed by atoms with Crippen LogP contribution < -0.4 is 11.1 Å². The highest BCUT2D eigenvalue weighted by Gasteiger charge is 2.29. The fourth-order valence-corrected chi connectivity index (χ4v) is 1.37. The summed E-state index contributed by atoms with van der Waals surface area (Å²) in [5.74, 6) is 0.872. The molecule has 1 amide bonds. The molecule has 1 saturated carbocycles. The molecule has 1 aliphatic rings. The molecule has 0 spiro atoms. The first-order valence-electron chi connectivity index (χ1n) is 5.19. The van der Waals surface area contributed by atoms with Crippen LogP contribution in [0.3, 0.4) is 0 Å². The monoisotopic (exact) mass is 241 g/mol. The van der Waals surface area contributed by atoms with E-state index in [9.17, 15) is 4.79 Å². The lowest BCUT2D eigenvalue weighted by Crippen LogP contribution is -2.15. The highest BCUT2D eigenvalue weighted by Crippen LogP contribution is 2.30. The van der Waals surface area contributed by atoms with Crippen molar-refractivity contribution < 1.29 is 4.79 Å². The van der Waals surface area contributed by atoms with E-state index in [0.717, 1.165) is 18.4 Å². The van der Waals surface area contributed by atoms with Gasteiger partial charge in [0.2, 0.25) is 5.91 Å². The number of pyridine rings is 1. The van der Waals surface area contributed by atoms with Crippen LogP contribution in [0.5, 0.6) is 0 Å². The lowest BCUT2D eigenvalue weighted by molar-refractivity contribution is -0.117. The number of amides is 1. The van der Waals surface area contributed by atoms with Gasteiger partial charge in [-0.25, -0.2) is 4.98 Å². The second kappa shape index (κ2) is 5.27. The summed E-state index contributed by atoms with van der Waals surface area (Å²) in [6.45, 7) is 1.90. The standard InChI is InChI=1S/C11H15N3O.ClH/c1-7(12)9-4-5-13-10(6-9)14-11(15)8-2-3-8;/h4-8H,2-3,12H2,1H3,(H,13,14,15);1H. The van der Waals surface area contributed by atoms with E-state index < -0.39 is 0 Å². The number of hydrogen-bond acceptors (Lipinski definition) is 3. The summed E-state index contributed by atoms with van der Waals surface area (Å²) in [5, 5.41) is 2.79. The van der Waals surface area contributed by atoms with Crippen molar-refractivity contribution in [2.75, 3.05) is 5.32 Å². The zero-order valence-electron chi connectivity index (χ0n) is 9.14. The highest BCUT2D eigenvalue weighted by molar-refractivity contribution is 5.93. The summed E-state index contributed by atoms with van der Waals surface area (Å²) >= 11 is 0. The van der Waals surface area contributed by atoms with E-state index >= 15 is 0 Å². The third-order valence-electron chi connectivity index (χ3n) is 2.51. The van der Waals surface area contributed by atoms with Crippen LogP contribution in [0.1, 0.15) is 31.4 Å². The zero-order valence-corrected chi connectivity index (χ0v) is 9.96. The maximum atomic E-state index is 11.5. The molecule has 3 N–H and O–H groups in total. The van der Waals surface area contributed by atoms with Crippen LogP contribution in [-0.4, -0.2) is 10.9 Å². The van der Waals surface area contributed by atoms with E-state index in [2.05, 4.69) is 10.3 Å². The first-order chi connectivity index (χ1) is 7.16. The Morgan fingerprint density at radius 2 is 2.31 bits per heavy atom. The quantitative estimate of drug-likeness (QED) is 0.849. The number of hydrogen-bond donors (Lipinski definition) is 2. The Labute approximate surface area is 101 Å². The molecule has 4 nitrogen and oxygen atoms in total. The molecule has 0 aromatic carbocycles. The normalized spacial score (nSPS) is 16.1. The Morgan fingerprint density at radius 1 is 1.62 bits per heavy atom. The van der Waals surface area contributed by atoms with Crippen LogP contribution in [0.25, 0.3) is 0 Å². The molecule has 5 heteroatoms. The molecule has 88 valence electrons. The van der Waals surface area contributed by atoms with Crippen molar-refractivity contribution in [2.45, 2.75) is 25.8 Å². The van der Waals surface area contributed by atoms with E-state index in [0.29, 0.717) is 5.82 Å². The van der Waals surface area contributed by atoms with Crippen molar-refractivity contribution in [2.24, 2.45) is 11.7 Å². The average Bonchev–Trinajstić information content (AvgIpc) is 3.01. The molecule has 1 heterocycles. The van der Waals surface area contributed by atoms with Crippen LogP contribution in [0, 0.1) is 5.92 Å². The number of rotatable bonds is 3. The number of nitrogens with zero attached hydrogens (tertiary/aromatic N) is 1. The van der Waals surface area contributed by atoms with Gasteiger partial charge in [-0.2, -0.15) is 0 Å². The highest BCUT2D eigenvalue weighted by atomic mass is 35.5. The van der Waals surface area contributed by atoms with Crippen molar-refractivity contribution in [3.63, 3.8) is 0 Å². The first kappa shape index (κ1) is 12.9. The lowest BCUT2D eigenvalue weighted by Gasteiger charge is -2.08. The fraction of sp³-hybridized carbons (Fsp3) is 0.455. The molecule has 1 atom stereocenters. The molecule has 1 aromatic rings. The van der Waals surface area contributed by atoms with Crippen molar-refractivity contribution in [3.8, 4) is 0 Å². The fourth-order valence-electron chi connectivity index (χ4n) is 1.37. The van der Waals surface area contributed by atoms with E-state index in [-0.39, 0.29) is 30.3 Å². The van der Waals surface area contributed by atoms with Gasteiger partial charge in [-0.05, 0) is 37.5 Å². The summed E-state index contributed by atoms with van der Waals surface area (Å²) in [6.07, 6.45) is 3.67. The summed E-state index contributed by atoms with van der Waals surface area (Å²) in [7, 11) is 0. The van der Waals surface area contributed by atoms with E-state index in [4.69, 9.17) is 5.73 Å². The first-order valence-corrected chi connectivity index (χ1v) is 5.19. The molecule has 2 rings (SSSR count). The third-order valence-corrected chi connectivity index (χ3v) is 2.51. The van der Waals surface area contributed by atoms with Gasteiger partial charge in [0.25, 0.3) is 0 Å². The molecule has 1 unspecified atom stereocenters. The molecule has 16 heavy (non-hydrogen) atoms. The predicted octanol–water partition coefficient (Wildman–Crippen LogP) is 1.87. The minimum atomic E-state index is -0.0374. The Balaban J connectivity index is 0.00000128. The topological polar surface area (TPSA) is 68.0 Å². The maximum Gasteiger partial charge on any atom is 0.228 e. The molecule has 1 fully saturated rings. The van der Waals surface area contributed by atoms with Gasteiger partial charge in [0.15, 0.2) is 0 Å². The number of halogens is 1. The molecule has 1 aromatic heterocycles. The molecule has 0 aliphatic heterocycles. The number of nitrogens with two attached hydrogens (primary N) is 1. The number of anilines is 1. The number of nitrogens with one attached hydrogen (secondary N) is 1. The Hall–Kier alpha value is -1.13. The van der Waals surface area contributed by atoms with Crippen molar-refractivity contribution in [1.29, 1.82) is 0 Å². The smallest absolute Gasteiger partial charge is 0.228 e. The number of aromatic nitrogens is 1. The van der Waals surface area contributed by atoms with Crippen molar-refractivity contribution in [3.05, 3.63) is 23.9 Å². The van der Waals surface area contributed by atoms with E-state index in [1.807, 2.05) is 19.1 Å². The van der Waals surface area contributed by atoms with Crippen LogP contribution >= 0.6 is 12.4 Å². The van der Waals surface area contributed by atoms with Gasteiger partial charge in [0, 0.05) is 18.2 Å². The van der Waals surface area contributed by atoms with Crippen LogP contribution in [-0.2, 0) is 4.79 Å². The minimum absolute atomic E-state index is 0. The van der Waals surface area contributed by atoms with Gasteiger partial charge in [-0.1, -0.05) is 0 Å². The predicted molar refractivity (Wildman–Crippen MR) is 65.4 cm³/mol. The summed E-state index contributed by atoms with van der Waals surface area (Å²) in [6, 6.07) is 3.65. The largest absolute Gasteiger partial charge is 0.324 e. The van der Waals surface area contributed by atoms with Crippen molar-refractivity contribution in [1.82, 2.24) is 4.98 Å². The van der Waals surface area contributed by atoms with Gasteiger partial charge in [0.05, 0.1) is 0 Å². The molecule has 1 aliphatic carbocycles. The van der Waals surface area contributed by atoms with E-state index in [1.54, 1.807) is 6.20 Å². The van der Waals surface area contributed by atoms with Gasteiger partial charge >= 0.3 is 0 Å². The second-order valence-electron chi connectivity index (χ2n) is 4.03. The summed E-state index contributed by atoms with van der Waals surface area (Å²) in [5.41, 5.74) is 6.73. The maximum absolute atomic E-state index is 11.5. The van der Waals surface area contributed by atoms with Crippen LogP contribution in [0.15, 0.2) is 18.3 Å². The van der Waals surface area contributed by atoms with Gasteiger partial charge in [-0.3, -0.25) is 4.79 Å². The van der Waals surface area contributed by atoms with Crippen LogP contribution in [0.4, 0.5) is 5.82 Å². The van der Waals surface area contributed by atoms with E-state index in [1.165, 1.54) is 0 Å². The summed E-state index contributed by atoms with van der Waals surface area (Å²) < 4.78 is 0. The third kappa shape index (κ3) is 3.18. The Morgan fingerprint density at radius 3 is 2.88 bits per heavy atom. The molecular weight excluding hydrogens is 226 g/mol. The van der Waals surface area contributed by atoms with Crippen LogP contribution in [0.2, 0.25) is 0 Å². The zero-order chi connectivity index (χ0) is 10.8. The minimum Gasteiger partial charge on any atom is -0.324 e. The van der Waals surface area contributed by atoms with Gasteiger partial charge in [-0.15, -0.1) is 12.4 Å². The molecule has 0 saturated heterocycles. The average molecular weight is 242 g/mol. The molecular formula is C11H16ClN3O. The second-order valence-corrected chi connectivity index (χ2v) is 4.03.